The molecule has 1 aliphatic heterocycles. The first-order chi connectivity index (χ1) is 9.31. The predicted molar refractivity (Wildman–Crippen MR) is 72.5 cm³/mol. The fraction of sp³-hybridized carbons (Fsp3) is 0.769. The van der Waals surface area contributed by atoms with Crippen molar-refractivity contribution in [3.05, 3.63) is 12.4 Å². The zero-order valence-electron chi connectivity index (χ0n) is 11.6. The third kappa shape index (κ3) is 4.02. The standard InChI is InChI=1S/C13H23N5O/c1-2-8-18(12-4-3-6-14-11-12)13(19)5-9-17-10-7-15-16-17/h7,10,12,14H,2-6,8-9,11H2,1H3. The van der Waals surface area contributed by atoms with Crippen molar-refractivity contribution in [2.24, 2.45) is 0 Å². The minimum atomic E-state index is 0.228. The average molecular weight is 265 g/mol. The van der Waals surface area contributed by atoms with E-state index in [4.69, 9.17) is 0 Å². The molecule has 0 aliphatic carbocycles. The Kier molecular flexibility index (Phi) is 5.32. The lowest BCUT2D eigenvalue weighted by Crippen LogP contribution is -2.49. The van der Waals surface area contributed by atoms with Gasteiger partial charge >= 0.3 is 0 Å². The molecule has 2 heterocycles. The van der Waals surface area contributed by atoms with Crippen LogP contribution in [0.25, 0.3) is 0 Å². The molecule has 6 heteroatoms. The molecule has 106 valence electrons. The molecule has 1 amide bonds. The number of rotatable bonds is 6. The van der Waals surface area contributed by atoms with Crippen LogP contribution in [0.4, 0.5) is 0 Å². The largest absolute Gasteiger partial charge is 0.338 e. The molecule has 1 aromatic rings. The minimum absolute atomic E-state index is 0.228. The molecular weight excluding hydrogens is 242 g/mol. The Labute approximate surface area is 114 Å². The van der Waals surface area contributed by atoms with Gasteiger partial charge in [-0.05, 0) is 25.8 Å². The summed E-state index contributed by atoms with van der Waals surface area (Å²) in [5, 5.41) is 11.0. The van der Waals surface area contributed by atoms with Crippen LogP contribution in [0, 0.1) is 0 Å². The first-order valence-electron chi connectivity index (χ1n) is 7.15. The van der Waals surface area contributed by atoms with Crippen molar-refractivity contribution in [2.45, 2.75) is 45.2 Å². The summed E-state index contributed by atoms with van der Waals surface area (Å²) < 4.78 is 1.71. The molecule has 0 aromatic carbocycles. The predicted octanol–water partition coefficient (Wildman–Crippen LogP) is 0.659. The molecule has 1 unspecified atom stereocenters. The first-order valence-corrected chi connectivity index (χ1v) is 7.15. The summed E-state index contributed by atoms with van der Waals surface area (Å²) in [7, 11) is 0. The maximum Gasteiger partial charge on any atom is 0.224 e. The summed E-state index contributed by atoms with van der Waals surface area (Å²) in [6.45, 7) is 5.58. The third-order valence-electron chi connectivity index (χ3n) is 3.52. The zero-order chi connectivity index (χ0) is 13.5. The minimum Gasteiger partial charge on any atom is -0.338 e. The summed E-state index contributed by atoms with van der Waals surface area (Å²) in [6, 6.07) is 0.358. The van der Waals surface area contributed by atoms with E-state index in [2.05, 4.69) is 22.6 Å². The number of aryl methyl sites for hydroxylation is 1. The summed E-state index contributed by atoms with van der Waals surface area (Å²) in [5.41, 5.74) is 0. The summed E-state index contributed by atoms with van der Waals surface area (Å²) >= 11 is 0. The highest BCUT2D eigenvalue weighted by Gasteiger charge is 2.24. The van der Waals surface area contributed by atoms with Gasteiger partial charge in [0.25, 0.3) is 0 Å². The van der Waals surface area contributed by atoms with E-state index in [-0.39, 0.29) is 5.91 Å². The number of hydrogen-bond donors (Lipinski definition) is 1. The van der Waals surface area contributed by atoms with Crippen molar-refractivity contribution in [1.29, 1.82) is 0 Å². The molecule has 0 radical (unpaired) electrons. The van der Waals surface area contributed by atoms with E-state index in [1.807, 2.05) is 4.90 Å². The van der Waals surface area contributed by atoms with Crippen molar-refractivity contribution < 1.29 is 4.79 Å². The number of nitrogens with one attached hydrogen (secondary N) is 1. The van der Waals surface area contributed by atoms with Gasteiger partial charge < -0.3 is 10.2 Å². The number of hydrogen-bond acceptors (Lipinski definition) is 4. The molecule has 1 aliphatic rings. The first kappa shape index (κ1) is 14.0. The van der Waals surface area contributed by atoms with Crippen molar-refractivity contribution in [2.75, 3.05) is 19.6 Å². The van der Waals surface area contributed by atoms with Gasteiger partial charge in [0.1, 0.15) is 0 Å². The normalized spacial score (nSPS) is 19.3. The smallest absolute Gasteiger partial charge is 0.224 e. The van der Waals surface area contributed by atoms with E-state index in [0.717, 1.165) is 38.9 Å². The van der Waals surface area contributed by atoms with E-state index < -0.39 is 0 Å². The van der Waals surface area contributed by atoms with E-state index in [1.54, 1.807) is 17.1 Å². The second kappa shape index (κ2) is 7.23. The quantitative estimate of drug-likeness (QED) is 0.820. The van der Waals surface area contributed by atoms with Crippen LogP contribution in [0.3, 0.4) is 0 Å². The maximum absolute atomic E-state index is 12.4. The average Bonchev–Trinajstić information content (AvgIpc) is 2.96. The molecule has 1 N–H and O–H groups in total. The van der Waals surface area contributed by atoms with Crippen molar-refractivity contribution >= 4 is 5.91 Å². The lowest BCUT2D eigenvalue weighted by molar-refractivity contribution is -0.134. The molecule has 2 rings (SSSR count). The van der Waals surface area contributed by atoms with Crippen LogP contribution < -0.4 is 5.32 Å². The summed E-state index contributed by atoms with van der Waals surface area (Å²) in [4.78, 5) is 14.4. The Morgan fingerprint density at radius 1 is 1.58 bits per heavy atom. The number of amides is 1. The highest BCUT2D eigenvalue weighted by atomic mass is 16.2. The zero-order valence-corrected chi connectivity index (χ0v) is 11.6. The molecule has 6 nitrogen and oxygen atoms in total. The number of carbonyl (C=O) groups is 1. The van der Waals surface area contributed by atoms with Crippen LogP contribution >= 0.6 is 0 Å². The van der Waals surface area contributed by atoms with Gasteiger partial charge in [-0.3, -0.25) is 9.48 Å². The lowest BCUT2D eigenvalue weighted by atomic mass is 10.1. The third-order valence-corrected chi connectivity index (χ3v) is 3.52. The van der Waals surface area contributed by atoms with Gasteiger partial charge in [0.05, 0.1) is 12.7 Å². The number of carbonyl (C=O) groups excluding carboxylic acids is 1. The van der Waals surface area contributed by atoms with Gasteiger partial charge in [0.2, 0.25) is 5.91 Å². The highest BCUT2D eigenvalue weighted by Crippen LogP contribution is 2.12. The van der Waals surface area contributed by atoms with Crippen LogP contribution in [0.1, 0.15) is 32.6 Å². The lowest BCUT2D eigenvalue weighted by Gasteiger charge is -2.34. The van der Waals surface area contributed by atoms with Gasteiger partial charge in [-0.2, -0.15) is 0 Å². The molecule has 1 atom stereocenters. The molecule has 0 bridgehead atoms. The molecular formula is C13H23N5O. The Balaban J connectivity index is 1.87. The van der Waals surface area contributed by atoms with E-state index in [1.165, 1.54) is 0 Å². The molecule has 1 saturated heterocycles. The van der Waals surface area contributed by atoms with Crippen molar-refractivity contribution in [3.63, 3.8) is 0 Å². The SMILES string of the molecule is CCCN(C(=O)CCn1ccnn1)C1CCCNC1. The van der Waals surface area contributed by atoms with Gasteiger partial charge in [0, 0.05) is 31.7 Å². The number of aromatic nitrogens is 3. The van der Waals surface area contributed by atoms with Gasteiger partial charge in [-0.25, -0.2) is 0 Å². The Bertz CT molecular complexity index is 372. The number of piperidine rings is 1. The van der Waals surface area contributed by atoms with Crippen LogP contribution in [0.5, 0.6) is 0 Å². The monoisotopic (exact) mass is 265 g/mol. The summed E-state index contributed by atoms with van der Waals surface area (Å²) in [5.74, 6) is 0.228. The topological polar surface area (TPSA) is 63.1 Å². The molecule has 19 heavy (non-hydrogen) atoms. The van der Waals surface area contributed by atoms with E-state index in [0.29, 0.717) is 19.0 Å². The van der Waals surface area contributed by atoms with Crippen LogP contribution in [-0.4, -0.2) is 51.5 Å². The van der Waals surface area contributed by atoms with Gasteiger partial charge in [-0.1, -0.05) is 12.1 Å². The maximum atomic E-state index is 12.4. The van der Waals surface area contributed by atoms with Gasteiger partial charge in [0.15, 0.2) is 0 Å². The fourth-order valence-corrected chi connectivity index (χ4v) is 2.56. The Morgan fingerprint density at radius 2 is 2.47 bits per heavy atom. The molecule has 0 spiro atoms. The van der Waals surface area contributed by atoms with Crippen LogP contribution in [-0.2, 0) is 11.3 Å². The second-order valence-electron chi connectivity index (χ2n) is 5.00. The van der Waals surface area contributed by atoms with Crippen molar-refractivity contribution in [3.8, 4) is 0 Å². The summed E-state index contributed by atoms with van der Waals surface area (Å²) in [6.07, 6.45) is 7.20. The van der Waals surface area contributed by atoms with Gasteiger partial charge in [-0.15, -0.1) is 5.10 Å². The Morgan fingerprint density at radius 3 is 3.11 bits per heavy atom. The van der Waals surface area contributed by atoms with Crippen LogP contribution in [0.2, 0.25) is 0 Å². The number of nitrogens with zero attached hydrogens (tertiary/aromatic N) is 4. The fourth-order valence-electron chi connectivity index (χ4n) is 2.56. The molecule has 1 aromatic heterocycles. The van der Waals surface area contributed by atoms with Crippen molar-refractivity contribution in [1.82, 2.24) is 25.2 Å². The van der Waals surface area contributed by atoms with E-state index in [9.17, 15) is 4.79 Å². The molecule has 0 saturated carbocycles. The van der Waals surface area contributed by atoms with Crippen LogP contribution in [0.15, 0.2) is 12.4 Å². The highest BCUT2D eigenvalue weighted by molar-refractivity contribution is 5.76. The second-order valence-corrected chi connectivity index (χ2v) is 5.00. The Hall–Kier alpha value is -1.43. The van der Waals surface area contributed by atoms with E-state index >= 15 is 0 Å². The molecule has 1 fully saturated rings.